The molecule has 2 aromatic carbocycles. The van der Waals surface area contributed by atoms with Gasteiger partial charge >= 0.3 is 5.97 Å². The molecule has 0 aliphatic rings. The predicted molar refractivity (Wildman–Crippen MR) is 93.2 cm³/mol. The first-order valence-electron chi connectivity index (χ1n) is 7.71. The van der Waals surface area contributed by atoms with Gasteiger partial charge in [-0.15, -0.1) is 0 Å². The Labute approximate surface area is 149 Å². The van der Waals surface area contributed by atoms with Crippen molar-refractivity contribution in [1.82, 2.24) is 10.9 Å². The number of halogens is 1. The quantitative estimate of drug-likeness (QED) is 0.488. The van der Waals surface area contributed by atoms with Gasteiger partial charge in [0.1, 0.15) is 5.82 Å². The van der Waals surface area contributed by atoms with Gasteiger partial charge in [0, 0.05) is 6.08 Å². The molecule has 0 spiro atoms. The van der Waals surface area contributed by atoms with Crippen molar-refractivity contribution in [3.8, 4) is 0 Å². The second kappa shape index (κ2) is 9.12. The Hall–Kier alpha value is -3.48. The van der Waals surface area contributed by atoms with E-state index in [9.17, 15) is 18.8 Å². The fraction of sp³-hybridized carbons (Fsp3) is 0.105. The summed E-state index contributed by atoms with van der Waals surface area (Å²) in [6.45, 7) is 1.34. The first-order chi connectivity index (χ1) is 12.5. The van der Waals surface area contributed by atoms with Gasteiger partial charge in [-0.05, 0) is 30.7 Å². The van der Waals surface area contributed by atoms with Crippen LogP contribution in [0.2, 0.25) is 0 Å². The Morgan fingerprint density at radius 1 is 1.08 bits per heavy atom. The highest BCUT2D eigenvalue weighted by Crippen LogP contribution is 2.06. The van der Waals surface area contributed by atoms with E-state index in [1.807, 2.05) is 42.0 Å². The lowest BCUT2D eigenvalue weighted by Crippen LogP contribution is -2.43. The number of esters is 1. The number of hydrazine groups is 1. The summed E-state index contributed by atoms with van der Waals surface area (Å²) >= 11 is 0. The summed E-state index contributed by atoms with van der Waals surface area (Å²) in [7, 11) is 0. The van der Waals surface area contributed by atoms with E-state index < -0.39 is 30.2 Å². The van der Waals surface area contributed by atoms with E-state index in [2.05, 4.69) is 0 Å². The van der Waals surface area contributed by atoms with Crippen LogP contribution in [0.3, 0.4) is 0 Å². The molecule has 0 aliphatic heterocycles. The molecule has 0 aromatic heterocycles. The van der Waals surface area contributed by atoms with Crippen molar-refractivity contribution in [2.45, 2.75) is 6.92 Å². The number of ether oxygens (including phenoxy) is 1. The van der Waals surface area contributed by atoms with Crippen LogP contribution in [-0.2, 0) is 14.3 Å². The third-order valence-electron chi connectivity index (χ3n) is 3.23. The molecule has 26 heavy (non-hydrogen) atoms. The normalized spacial score (nSPS) is 10.4. The molecule has 0 saturated heterocycles. The van der Waals surface area contributed by atoms with Crippen molar-refractivity contribution in [3.63, 3.8) is 0 Å². The number of nitrogens with one attached hydrogen (secondary N) is 2. The smallest absolute Gasteiger partial charge is 0.331 e. The molecule has 134 valence electrons. The summed E-state index contributed by atoms with van der Waals surface area (Å²) in [5.41, 5.74) is 5.73. The first-order valence-corrected chi connectivity index (χ1v) is 7.71. The predicted octanol–water partition coefficient (Wildman–Crippen LogP) is 2.15. The largest absolute Gasteiger partial charge is 0.452 e. The van der Waals surface area contributed by atoms with Crippen LogP contribution in [0, 0.1) is 12.7 Å². The zero-order valence-corrected chi connectivity index (χ0v) is 14.0. The monoisotopic (exact) mass is 356 g/mol. The second-order valence-electron chi connectivity index (χ2n) is 5.34. The van der Waals surface area contributed by atoms with Crippen molar-refractivity contribution >= 4 is 23.9 Å². The number of amides is 2. The summed E-state index contributed by atoms with van der Waals surface area (Å²) in [6, 6.07) is 12.8. The van der Waals surface area contributed by atoms with Crippen molar-refractivity contribution < 1.29 is 23.5 Å². The maximum Gasteiger partial charge on any atom is 0.331 e. The topological polar surface area (TPSA) is 84.5 Å². The van der Waals surface area contributed by atoms with E-state index in [0.717, 1.165) is 17.2 Å². The molecule has 0 atom stereocenters. The highest BCUT2D eigenvalue weighted by Gasteiger charge is 2.12. The number of hydrogen-bond acceptors (Lipinski definition) is 4. The average Bonchev–Trinajstić information content (AvgIpc) is 2.63. The average molecular weight is 356 g/mol. The zero-order valence-electron chi connectivity index (χ0n) is 14.0. The number of benzene rings is 2. The van der Waals surface area contributed by atoms with Crippen LogP contribution in [0.1, 0.15) is 21.5 Å². The second-order valence-corrected chi connectivity index (χ2v) is 5.34. The van der Waals surface area contributed by atoms with E-state index in [-0.39, 0.29) is 5.56 Å². The van der Waals surface area contributed by atoms with Crippen LogP contribution >= 0.6 is 0 Å². The SMILES string of the molecule is Cc1cccc(/C=C/C(=O)OCC(=O)NNC(=O)c2ccccc2F)c1. The van der Waals surface area contributed by atoms with Crippen molar-refractivity contribution in [2.24, 2.45) is 0 Å². The molecule has 2 N–H and O–H groups in total. The molecule has 6 nitrogen and oxygen atoms in total. The fourth-order valence-electron chi connectivity index (χ4n) is 2.00. The Balaban J connectivity index is 1.75. The molecular weight excluding hydrogens is 339 g/mol. The van der Waals surface area contributed by atoms with E-state index >= 15 is 0 Å². The molecule has 0 heterocycles. The number of aryl methyl sites for hydroxylation is 1. The molecule has 2 amide bonds. The Morgan fingerprint density at radius 2 is 1.85 bits per heavy atom. The minimum Gasteiger partial charge on any atom is -0.452 e. The highest BCUT2D eigenvalue weighted by atomic mass is 19.1. The Morgan fingerprint density at radius 3 is 2.58 bits per heavy atom. The van der Waals surface area contributed by atoms with E-state index in [1.54, 1.807) is 6.08 Å². The molecule has 2 rings (SSSR count). The molecule has 0 bridgehead atoms. The molecular formula is C19H17FN2O4. The van der Waals surface area contributed by atoms with Gasteiger partial charge in [0.05, 0.1) is 5.56 Å². The summed E-state index contributed by atoms with van der Waals surface area (Å²) < 4.78 is 18.2. The Bertz CT molecular complexity index is 849. The molecule has 0 unspecified atom stereocenters. The summed E-state index contributed by atoms with van der Waals surface area (Å²) in [6.07, 6.45) is 2.76. The van der Waals surface area contributed by atoms with Gasteiger partial charge in [0.25, 0.3) is 11.8 Å². The maximum atomic E-state index is 13.4. The molecule has 0 saturated carbocycles. The van der Waals surface area contributed by atoms with Gasteiger partial charge in [0.15, 0.2) is 6.61 Å². The number of rotatable bonds is 5. The summed E-state index contributed by atoms with van der Waals surface area (Å²) in [4.78, 5) is 34.9. The van der Waals surface area contributed by atoms with E-state index in [0.29, 0.717) is 0 Å². The fourth-order valence-corrected chi connectivity index (χ4v) is 2.00. The summed E-state index contributed by atoms with van der Waals surface area (Å²) in [5.74, 6) is -3.00. The third-order valence-corrected chi connectivity index (χ3v) is 3.23. The minimum atomic E-state index is -0.817. The highest BCUT2D eigenvalue weighted by molar-refractivity contribution is 5.96. The van der Waals surface area contributed by atoms with Gasteiger partial charge in [-0.2, -0.15) is 0 Å². The number of hydrogen-bond donors (Lipinski definition) is 2. The number of carbonyl (C=O) groups is 3. The zero-order chi connectivity index (χ0) is 18.9. The summed E-state index contributed by atoms with van der Waals surface area (Å²) in [5, 5.41) is 0. The maximum absolute atomic E-state index is 13.4. The molecule has 0 radical (unpaired) electrons. The number of carbonyl (C=O) groups excluding carboxylic acids is 3. The van der Waals surface area contributed by atoms with Crippen LogP contribution in [0.5, 0.6) is 0 Å². The Kier molecular flexibility index (Phi) is 6.61. The van der Waals surface area contributed by atoms with Gasteiger partial charge in [0.2, 0.25) is 0 Å². The lowest BCUT2D eigenvalue weighted by molar-refractivity contribution is -0.144. The lowest BCUT2D eigenvalue weighted by Gasteiger charge is -2.07. The van der Waals surface area contributed by atoms with Crippen LogP contribution in [-0.4, -0.2) is 24.4 Å². The lowest BCUT2D eigenvalue weighted by atomic mass is 10.1. The van der Waals surface area contributed by atoms with Crippen LogP contribution in [0.25, 0.3) is 6.08 Å². The third kappa shape index (κ3) is 5.86. The molecule has 0 fully saturated rings. The van der Waals surface area contributed by atoms with Crippen LogP contribution in [0.15, 0.2) is 54.6 Å². The van der Waals surface area contributed by atoms with Crippen molar-refractivity contribution in [3.05, 3.63) is 77.1 Å². The molecule has 0 aliphatic carbocycles. The van der Waals surface area contributed by atoms with Crippen molar-refractivity contribution in [1.29, 1.82) is 0 Å². The molecule has 7 heteroatoms. The van der Waals surface area contributed by atoms with Crippen LogP contribution < -0.4 is 10.9 Å². The first kappa shape index (κ1) is 18.9. The van der Waals surface area contributed by atoms with E-state index in [4.69, 9.17) is 4.74 Å². The van der Waals surface area contributed by atoms with Gasteiger partial charge in [-0.25, -0.2) is 9.18 Å². The van der Waals surface area contributed by atoms with Gasteiger partial charge in [-0.3, -0.25) is 20.4 Å². The van der Waals surface area contributed by atoms with Crippen LogP contribution in [0.4, 0.5) is 4.39 Å². The van der Waals surface area contributed by atoms with Gasteiger partial charge in [-0.1, -0.05) is 42.0 Å². The standard InChI is InChI=1S/C19H17FN2O4/c1-13-5-4-6-14(11-13)9-10-18(24)26-12-17(23)21-22-19(25)15-7-2-3-8-16(15)20/h2-11H,12H2,1H3,(H,21,23)(H,22,25)/b10-9+. The van der Waals surface area contributed by atoms with E-state index in [1.165, 1.54) is 24.3 Å². The minimum absolute atomic E-state index is 0.217. The van der Waals surface area contributed by atoms with Crippen molar-refractivity contribution in [2.75, 3.05) is 6.61 Å². The van der Waals surface area contributed by atoms with Gasteiger partial charge < -0.3 is 4.74 Å². The molecule has 2 aromatic rings.